The monoisotopic (exact) mass is 197 g/mol. The zero-order valence-corrected chi connectivity index (χ0v) is 8.13. The molecule has 0 saturated carbocycles. The van der Waals surface area contributed by atoms with Gasteiger partial charge in [-0.3, -0.25) is 4.79 Å². The Hall–Kier alpha value is -0.320. The molecular weight excluding hydrogens is 182 g/mol. The Morgan fingerprint density at radius 3 is 2.50 bits per heavy atom. The predicted octanol–water partition coefficient (Wildman–Crippen LogP) is 0.0695. The molecule has 0 radical (unpaired) electrons. The molecule has 0 aromatic rings. The zero-order valence-electron chi connectivity index (χ0n) is 7.32. The number of esters is 1. The minimum absolute atomic E-state index is 0. The van der Waals surface area contributed by atoms with E-state index >= 15 is 0 Å². The lowest BCUT2D eigenvalue weighted by Gasteiger charge is -2.12. The maximum atomic E-state index is 10.7. The van der Waals surface area contributed by atoms with E-state index in [1.807, 2.05) is 6.92 Å². The highest BCUT2D eigenvalue weighted by molar-refractivity contribution is 5.85. The van der Waals surface area contributed by atoms with Gasteiger partial charge in [0.05, 0.1) is 13.2 Å². The van der Waals surface area contributed by atoms with E-state index in [1.54, 1.807) is 0 Å². The first kappa shape index (κ1) is 14.2. The summed E-state index contributed by atoms with van der Waals surface area (Å²) >= 11 is 0. The molecule has 0 aliphatic carbocycles. The number of carbonyl (C=O) groups is 1. The molecule has 0 rings (SSSR count). The molecule has 0 aliphatic heterocycles. The van der Waals surface area contributed by atoms with Gasteiger partial charge in [0.1, 0.15) is 6.04 Å². The number of ether oxygens (including phenoxy) is 1. The van der Waals surface area contributed by atoms with Crippen molar-refractivity contribution in [2.24, 2.45) is 5.73 Å². The van der Waals surface area contributed by atoms with Crippen LogP contribution in [0, 0.1) is 0 Å². The van der Waals surface area contributed by atoms with Gasteiger partial charge < -0.3 is 15.6 Å². The van der Waals surface area contributed by atoms with Crippen LogP contribution >= 0.6 is 12.4 Å². The number of aliphatic hydroxyl groups is 1. The van der Waals surface area contributed by atoms with Crippen molar-refractivity contribution in [3.63, 3.8) is 0 Å². The molecule has 0 aromatic heterocycles. The molecule has 12 heavy (non-hydrogen) atoms. The van der Waals surface area contributed by atoms with E-state index in [-0.39, 0.29) is 18.8 Å². The summed E-state index contributed by atoms with van der Waals surface area (Å²) in [6, 6.07) is -0.699. The van der Waals surface area contributed by atoms with Gasteiger partial charge in [-0.2, -0.15) is 0 Å². The van der Waals surface area contributed by atoms with E-state index in [1.165, 1.54) is 7.11 Å². The Balaban J connectivity index is 0. The summed E-state index contributed by atoms with van der Waals surface area (Å²) < 4.78 is 4.38. The molecule has 2 unspecified atom stereocenters. The van der Waals surface area contributed by atoms with E-state index in [9.17, 15) is 4.79 Å². The number of methoxy groups -OCH3 is 1. The molecule has 0 bridgehead atoms. The molecule has 2 atom stereocenters. The van der Waals surface area contributed by atoms with Crippen LogP contribution < -0.4 is 5.73 Å². The summed E-state index contributed by atoms with van der Waals surface area (Å²) in [6.07, 6.45) is 0.359. The number of nitrogens with two attached hydrogens (primary N) is 1. The van der Waals surface area contributed by atoms with Crippen molar-refractivity contribution in [2.75, 3.05) is 7.11 Å². The van der Waals surface area contributed by atoms with Gasteiger partial charge in [-0.15, -0.1) is 12.4 Å². The van der Waals surface area contributed by atoms with E-state index in [0.717, 1.165) is 0 Å². The Morgan fingerprint density at radius 2 is 2.17 bits per heavy atom. The average molecular weight is 198 g/mol. The van der Waals surface area contributed by atoms with Gasteiger partial charge in [-0.05, 0) is 12.8 Å². The third-order valence-electron chi connectivity index (χ3n) is 1.50. The average Bonchev–Trinajstić information content (AvgIpc) is 2.02. The number of hydrogen-bond donors (Lipinski definition) is 2. The first-order chi connectivity index (χ1) is 5.11. The molecule has 0 spiro atoms. The number of aliphatic hydroxyl groups excluding tert-OH is 1. The van der Waals surface area contributed by atoms with E-state index < -0.39 is 18.1 Å². The van der Waals surface area contributed by atoms with E-state index in [4.69, 9.17) is 10.8 Å². The van der Waals surface area contributed by atoms with Crippen LogP contribution in [-0.2, 0) is 9.53 Å². The molecule has 0 aliphatic rings. The predicted molar refractivity (Wildman–Crippen MR) is 48.2 cm³/mol. The van der Waals surface area contributed by atoms with Gasteiger partial charge in [0, 0.05) is 0 Å². The van der Waals surface area contributed by atoms with Gasteiger partial charge >= 0.3 is 5.97 Å². The smallest absolute Gasteiger partial charge is 0.322 e. The summed E-state index contributed by atoms with van der Waals surface area (Å²) in [5.74, 6) is -0.475. The molecule has 0 heterocycles. The van der Waals surface area contributed by atoms with E-state index in [2.05, 4.69) is 4.74 Å². The Kier molecular flexibility index (Phi) is 8.69. The largest absolute Gasteiger partial charge is 0.468 e. The maximum Gasteiger partial charge on any atom is 0.322 e. The highest BCUT2D eigenvalue weighted by Gasteiger charge is 2.16. The number of carbonyl (C=O) groups excluding carboxylic acids is 1. The number of halogens is 1. The zero-order chi connectivity index (χ0) is 8.85. The fourth-order valence-corrected chi connectivity index (χ4v) is 0.707. The first-order valence-corrected chi connectivity index (χ1v) is 3.63. The van der Waals surface area contributed by atoms with Gasteiger partial charge in [-0.1, -0.05) is 6.92 Å². The van der Waals surface area contributed by atoms with Crippen molar-refractivity contribution >= 4 is 18.4 Å². The van der Waals surface area contributed by atoms with E-state index in [0.29, 0.717) is 6.42 Å². The van der Waals surface area contributed by atoms with Gasteiger partial charge in [0.2, 0.25) is 0 Å². The molecule has 0 amide bonds. The normalized spacial score (nSPS) is 14.3. The molecule has 74 valence electrons. The third-order valence-corrected chi connectivity index (χ3v) is 1.50. The van der Waals surface area contributed by atoms with Gasteiger partial charge in [0.25, 0.3) is 0 Å². The van der Waals surface area contributed by atoms with Gasteiger partial charge in [-0.25, -0.2) is 0 Å². The summed E-state index contributed by atoms with van der Waals surface area (Å²) in [5, 5.41) is 9.08. The number of hydrogen-bond acceptors (Lipinski definition) is 4. The van der Waals surface area contributed by atoms with Crippen LogP contribution in [0.15, 0.2) is 0 Å². The van der Waals surface area contributed by atoms with Crippen molar-refractivity contribution in [1.29, 1.82) is 0 Å². The highest BCUT2D eigenvalue weighted by atomic mass is 35.5. The molecule has 4 nitrogen and oxygen atoms in total. The molecule has 0 aromatic carbocycles. The first-order valence-electron chi connectivity index (χ1n) is 3.63. The van der Waals surface area contributed by atoms with Crippen LogP contribution in [0.4, 0.5) is 0 Å². The second kappa shape index (κ2) is 7.34. The standard InChI is InChI=1S/C7H15NO3.ClH/c1-3-5(9)4-6(8)7(10)11-2;/h5-6,9H,3-4,8H2,1-2H3;1H. The van der Waals surface area contributed by atoms with Crippen LogP contribution in [0.5, 0.6) is 0 Å². The summed E-state index contributed by atoms with van der Waals surface area (Å²) in [5.41, 5.74) is 5.37. The highest BCUT2D eigenvalue weighted by Crippen LogP contribution is 2.00. The van der Waals surface area contributed by atoms with Crippen LogP contribution in [0.25, 0.3) is 0 Å². The fraction of sp³-hybridized carbons (Fsp3) is 0.857. The minimum Gasteiger partial charge on any atom is -0.468 e. The lowest BCUT2D eigenvalue weighted by atomic mass is 10.1. The number of rotatable bonds is 4. The summed E-state index contributed by atoms with van der Waals surface area (Å²) in [6.45, 7) is 1.83. The topological polar surface area (TPSA) is 72.5 Å². The molecule has 5 heteroatoms. The Morgan fingerprint density at radius 1 is 1.67 bits per heavy atom. The third kappa shape index (κ3) is 5.35. The van der Waals surface area contributed by atoms with Crippen molar-refractivity contribution in [3.8, 4) is 0 Å². The Bertz CT molecular complexity index is 132. The maximum absolute atomic E-state index is 10.7. The van der Waals surface area contributed by atoms with Crippen molar-refractivity contribution in [3.05, 3.63) is 0 Å². The fourth-order valence-electron chi connectivity index (χ4n) is 0.707. The lowest BCUT2D eigenvalue weighted by Crippen LogP contribution is -2.34. The second-order valence-electron chi connectivity index (χ2n) is 2.43. The van der Waals surface area contributed by atoms with Crippen LogP contribution in [0.2, 0.25) is 0 Å². The summed E-state index contributed by atoms with van der Waals surface area (Å²) in [4.78, 5) is 10.7. The molecule has 3 N–H and O–H groups in total. The lowest BCUT2D eigenvalue weighted by molar-refractivity contribution is -0.142. The molecule has 0 saturated heterocycles. The minimum atomic E-state index is -0.699. The van der Waals surface area contributed by atoms with Crippen LogP contribution in [0.1, 0.15) is 19.8 Å². The van der Waals surface area contributed by atoms with Crippen molar-refractivity contribution in [1.82, 2.24) is 0 Å². The second-order valence-corrected chi connectivity index (χ2v) is 2.43. The quantitative estimate of drug-likeness (QED) is 0.626. The van der Waals surface area contributed by atoms with Crippen LogP contribution in [0.3, 0.4) is 0 Å². The molecule has 0 fully saturated rings. The van der Waals surface area contributed by atoms with Crippen molar-refractivity contribution < 1.29 is 14.6 Å². The Labute approximate surface area is 78.5 Å². The molecular formula is C7H16ClNO3. The SMILES string of the molecule is CCC(O)CC(N)C(=O)OC.Cl. The summed E-state index contributed by atoms with van der Waals surface area (Å²) in [7, 11) is 1.28. The van der Waals surface area contributed by atoms with Crippen molar-refractivity contribution in [2.45, 2.75) is 31.9 Å². The van der Waals surface area contributed by atoms with Crippen LogP contribution in [-0.4, -0.2) is 30.3 Å². The van der Waals surface area contributed by atoms with Gasteiger partial charge in [0.15, 0.2) is 0 Å².